The van der Waals surface area contributed by atoms with E-state index in [1.807, 2.05) is 70.2 Å². The van der Waals surface area contributed by atoms with Gasteiger partial charge in [-0.05, 0) is 60.2 Å². The first-order valence-corrected chi connectivity index (χ1v) is 16.6. The van der Waals surface area contributed by atoms with Crippen LogP contribution in [-0.4, -0.2) is 50.0 Å². The standard InChI is InChI=1S/C32H39Cl2N3O4S/c1-6-23(4)35-32(39)30(19-24-10-8-7-9-11-24)36(20-25-12-17-28(33)29(34)18-25)31(38)21-37(42(5,40)41)27-15-13-26(14-16-27)22(2)3/h7-18,22-23,30H,6,19-21H2,1-5H3,(H,35,39)/t23-,30-/m0/s1. The third kappa shape index (κ3) is 9.21. The van der Waals surface area contributed by atoms with E-state index in [0.717, 1.165) is 21.7 Å². The molecule has 0 unspecified atom stereocenters. The van der Waals surface area contributed by atoms with Crippen molar-refractivity contribution in [2.75, 3.05) is 17.1 Å². The molecule has 2 atom stereocenters. The summed E-state index contributed by atoms with van der Waals surface area (Å²) in [7, 11) is -3.85. The van der Waals surface area contributed by atoms with E-state index in [9.17, 15) is 18.0 Å². The number of carbonyl (C=O) groups is 2. The number of hydrogen-bond acceptors (Lipinski definition) is 4. The van der Waals surface area contributed by atoms with Crippen LogP contribution in [0.2, 0.25) is 10.0 Å². The average molecular weight is 633 g/mol. The summed E-state index contributed by atoms with van der Waals surface area (Å²) in [4.78, 5) is 29.4. The van der Waals surface area contributed by atoms with Crippen LogP contribution in [0.5, 0.6) is 0 Å². The Morgan fingerprint density at radius 2 is 1.52 bits per heavy atom. The summed E-state index contributed by atoms with van der Waals surface area (Å²) in [6.07, 6.45) is 2.01. The molecule has 7 nitrogen and oxygen atoms in total. The molecule has 2 amide bonds. The SMILES string of the molecule is CC[C@H](C)NC(=O)[C@H](Cc1ccccc1)N(Cc1ccc(Cl)c(Cl)c1)C(=O)CN(c1ccc(C(C)C)cc1)S(C)(=O)=O. The van der Waals surface area contributed by atoms with Gasteiger partial charge in [0.25, 0.3) is 0 Å². The van der Waals surface area contributed by atoms with Crippen LogP contribution in [0.15, 0.2) is 72.8 Å². The van der Waals surface area contributed by atoms with Crippen molar-refractivity contribution in [2.45, 2.75) is 65.1 Å². The fourth-order valence-electron chi connectivity index (χ4n) is 4.47. The predicted molar refractivity (Wildman–Crippen MR) is 172 cm³/mol. The van der Waals surface area contributed by atoms with Crippen molar-refractivity contribution < 1.29 is 18.0 Å². The summed E-state index contributed by atoms with van der Waals surface area (Å²) >= 11 is 12.4. The maximum absolute atomic E-state index is 14.2. The fraction of sp³-hybridized carbons (Fsp3) is 0.375. The molecule has 0 aromatic heterocycles. The lowest BCUT2D eigenvalue weighted by Crippen LogP contribution is -2.54. The Bertz CT molecular complexity index is 1460. The minimum Gasteiger partial charge on any atom is -0.352 e. The van der Waals surface area contributed by atoms with Gasteiger partial charge in [0, 0.05) is 19.0 Å². The molecule has 0 bridgehead atoms. The van der Waals surface area contributed by atoms with Gasteiger partial charge in [0.15, 0.2) is 0 Å². The number of benzene rings is 3. The minimum absolute atomic E-state index is 0.0189. The van der Waals surface area contributed by atoms with Crippen LogP contribution >= 0.6 is 23.2 Å². The highest BCUT2D eigenvalue weighted by Crippen LogP contribution is 2.26. The van der Waals surface area contributed by atoms with Crippen LogP contribution in [0.1, 0.15) is 56.7 Å². The Balaban J connectivity index is 2.07. The number of nitrogens with one attached hydrogen (secondary N) is 1. The molecule has 0 fully saturated rings. The average Bonchev–Trinajstić information content (AvgIpc) is 2.95. The minimum atomic E-state index is -3.85. The first-order chi connectivity index (χ1) is 19.8. The molecule has 0 aliphatic heterocycles. The molecule has 3 rings (SSSR count). The first kappa shape index (κ1) is 33.4. The van der Waals surface area contributed by atoms with E-state index in [-0.39, 0.29) is 30.8 Å². The fourth-order valence-corrected chi connectivity index (χ4v) is 5.64. The number of carbonyl (C=O) groups excluding carboxylic acids is 2. The van der Waals surface area contributed by atoms with Crippen LogP contribution in [0.3, 0.4) is 0 Å². The van der Waals surface area contributed by atoms with E-state index in [2.05, 4.69) is 5.32 Å². The molecule has 226 valence electrons. The largest absolute Gasteiger partial charge is 0.352 e. The van der Waals surface area contributed by atoms with Gasteiger partial charge in [-0.2, -0.15) is 0 Å². The highest BCUT2D eigenvalue weighted by Gasteiger charge is 2.33. The molecule has 3 aromatic rings. The van der Waals surface area contributed by atoms with Gasteiger partial charge in [-0.25, -0.2) is 8.42 Å². The molecule has 0 saturated heterocycles. The van der Waals surface area contributed by atoms with Gasteiger partial charge >= 0.3 is 0 Å². The zero-order chi connectivity index (χ0) is 31.0. The van der Waals surface area contributed by atoms with Gasteiger partial charge in [-0.15, -0.1) is 0 Å². The van der Waals surface area contributed by atoms with Gasteiger partial charge in [-0.3, -0.25) is 13.9 Å². The van der Waals surface area contributed by atoms with E-state index in [1.165, 1.54) is 4.90 Å². The Kier molecular flexibility index (Phi) is 11.9. The van der Waals surface area contributed by atoms with Crippen molar-refractivity contribution in [3.63, 3.8) is 0 Å². The van der Waals surface area contributed by atoms with Gasteiger partial charge in [0.05, 0.1) is 22.0 Å². The zero-order valence-electron chi connectivity index (χ0n) is 24.7. The van der Waals surface area contributed by atoms with Gasteiger partial charge in [0.2, 0.25) is 21.8 Å². The lowest BCUT2D eigenvalue weighted by atomic mass is 10.0. The summed E-state index contributed by atoms with van der Waals surface area (Å²) in [5.74, 6) is -0.592. The highest BCUT2D eigenvalue weighted by molar-refractivity contribution is 7.92. The molecule has 0 radical (unpaired) electrons. The Labute approximate surface area is 259 Å². The van der Waals surface area contributed by atoms with E-state index >= 15 is 0 Å². The normalized spacial score (nSPS) is 13.0. The quantitative estimate of drug-likeness (QED) is 0.235. The second-order valence-corrected chi connectivity index (χ2v) is 13.5. The molecular formula is C32H39Cl2N3O4S. The summed E-state index contributed by atoms with van der Waals surface area (Å²) in [5.41, 5.74) is 2.93. The smallest absolute Gasteiger partial charge is 0.244 e. The number of halogens is 2. The molecule has 0 spiro atoms. The zero-order valence-corrected chi connectivity index (χ0v) is 27.0. The molecule has 0 saturated carbocycles. The molecular weight excluding hydrogens is 593 g/mol. The summed E-state index contributed by atoms with van der Waals surface area (Å²) in [6.45, 7) is 7.49. The van der Waals surface area contributed by atoms with Crippen molar-refractivity contribution in [1.29, 1.82) is 0 Å². The van der Waals surface area contributed by atoms with Crippen LogP contribution < -0.4 is 9.62 Å². The Hall–Kier alpha value is -3.07. The van der Waals surface area contributed by atoms with Gasteiger partial charge in [-0.1, -0.05) is 92.5 Å². The van der Waals surface area contributed by atoms with Crippen molar-refractivity contribution in [3.8, 4) is 0 Å². The molecule has 0 aliphatic rings. The summed E-state index contributed by atoms with van der Waals surface area (Å²) in [5, 5.41) is 3.69. The number of anilines is 1. The van der Waals surface area contributed by atoms with E-state index in [4.69, 9.17) is 23.2 Å². The van der Waals surface area contributed by atoms with E-state index in [1.54, 1.807) is 30.3 Å². The van der Waals surface area contributed by atoms with Crippen LogP contribution in [0, 0.1) is 0 Å². The monoisotopic (exact) mass is 631 g/mol. The van der Waals surface area contributed by atoms with E-state index < -0.39 is 28.5 Å². The second kappa shape index (κ2) is 14.9. The first-order valence-electron chi connectivity index (χ1n) is 14.0. The van der Waals surface area contributed by atoms with Crippen molar-refractivity contribution in [2.24, 2.45) is 0 Å². The molecule has 0 heterocycles. The van der Waals surface area contributed by atoms with E-state index in [0.29, 0.717) is 27.7 Å². The van der Waals surface area contributed by atoms with Crippen LogP contribution in [-0.2, 0) is 32.6 Å². The third-order valence-electron chi connectivity index (χ3n) is 7.14. The van der Waals surface area contributed by atoms with Crippen molar-refractivity contribution >= 4 is 50.7 Å². The number of hydrogen-bond donors (Lipinski definition) is 1. The summed E-state index contributed by atoms with van der Waals surface area (Å²) < 4.78 is 27.0. The lowest BCUT2D eigenvalue weighted by Gasteiger charge is -2.34. The molecule has 3 aromatic carbocycles. The van der Waals surface area contributed by atoms with Crippen LogP contribution in [0.4, 0.5) is 5.69 Å². The van der Waals surface area contributed by atoms with Crippen molar-refractivity contribution in [3.05, 3.63) is 99.5 Å². The Morgan fingerprint density at radius 1 is 0.881 bits per heavy atom. The summed E-state index contributed by atoms with van der Waals surface area (Å²) in [6, 6.07) is 20.5. The molecule has 10 heteroatoms. The predicted octanol–water partition coefficient (Wildman–Crippen LogP) is 6.44. The van der Waals surface area contributed by atoms with Crippen molar-refractivity contribution in [1.82, 2.24) is 10.2 Å². The Morgan fingerprint density at radius 3 is 2.07 bits per heavy atom. The highest BCUT2D eigenvalue weighted by atomic mass is 35.5. The topological polar surface area (TPSA) is 86.8 Å². The number of amides is 2. The number of sulfonamides is 1. The molecule has 1 N–H and O–H groups in total. The molecule has 42 heavy (non-hydrogen) atoms. The number of nitrogens with zero attached hydrogens (tertiary/aromatic N) is 2. The van der Waals surface area contributed by atoms with Gasteiger partial charge < -0.3 is 10.2 Å². The molecule has 0 aliphatic carbocycles. The maximum atomic E-state index is 14.2. The maximum Gasteiger partial charge on any atom is 0.244 e. The third-order valence-corrected chi connectivity index (χ3v) is 9.02. The van der Waals surface area contributed by atoms with Crippen LogP contribution in [0.25, 0.3) is 0 Å². The van der Waals surface area contributed by atoms with Gasteiger partial charge in [0.1, 0.15) is 12.6 Å². The second-order valence-electron chi connectivity index (χ2n) is 10.8. The lowest BCUT2D eigenvalue weighted by molar-refractivity contribution is -0.140. The number of rotatable bonds is 13.